The number of carbonyl (C=O) groups excluding carboxylic acids is 3. The first-order valence-corrected chi connectivity index (χ1v) is 20.6. The van der Waals surface area contributed by atoms with Crippen LogP contribution in [0.4, 0.5) is 4.39 Å². The summed E-state index contributed by atoms with van der Waals surface area (Å²) in [7, 11) is 0. The van der Waals surface area contributed by atoms with Crippen molar-refractivity contribution in [3.05, 3.63) is 196 Å². The Morgan fingerprint density at radius 1 is 0.538 bits per heavy atom. The van der Waals surface area contributed by atoms with E-state index < -0.39 is 5.91 Å². The summed E-state index contributed by atoms with van der Waals surface area (Å²) in [6.45, 7) is 8.93. The molecule has 0 aliphatic carbocycles. The van der Waals surface area contributed by atoms with Crippen molar-refractivity contribution < 1.29 is 18.8 Å². The van der Waals surface area contributed by atoms with E-state index in [1.807, 2.05) is 118 Å². The number of aromatic nitrogens is 3. The summed E-state index contributed by atoms with van der Waals surface area (Å²) in [4.78, 5) is 48.1. The van der Waals surface area contributed by atoms with Crippen molar-refractivity contribution in [3.63, 3.8) is 0 Å². The van der Waals surface area contributed by atoms with Crippen LogP contribution in [0.3, 0.4) is 0 Å². The van der Waals surface area contributed by atoms with Crippen LogP contribution in [-0.4, -0.2) is 32.4 Å². The van der Waals surface area contributed by atoms with Gasteiger partial charge in [-0.25, -0.2) is 19.3 Å². The molecule has 0 saturated heterocycles. The Labute approximate surface area is 382 Å². The van der Waals surface area contributed by atoms with E-state index in [4.69, 9.17) is 22.6 Å². The number of benzene rings is 6. The molecule has 6 aromatic carbocycles. The van der Waals surface area contributed by atoms with Crippen LogP contribution in [0.15, 0.2) is 146 Å². The van der Waals surface area contributed by atoms with Crippen LogP contribution < -0.4 is 5.73 Å². The van der Waals surface area contributed by atoms with E-state index in [-0.39, 0.29) is 30.5 Å². The topological polar surface area (TPSA) is 140 Å². The normalized spacial score (nSPS) is 10.5. The third-order valence-corrected chi connectivity index (χ3v) is 10.9. The summed E-state index contributed by atoms with van der Waals surface area (Å²) in [5.41, 5.74) is 17.4. The van der Waals surface area contributed by atoms with Gasteiger partial charge in [-0.3, -0.25) is 14.4 Å². The van der Waals surface area contributed by atoms with Crippen molar-refractivity contribution in [1.82, 2.24) is 15.0 Å². The predicted octanol–water partition coefficient (Wildman–Crippen LogP) is 13.4. The lowest BCUT2D eigenvalue weighted by Crippen LogP contribution is -2.13. The number of hydrogen-bond acceptors (Lipinski definition) is 7. The Morgan fingerprint density at radius 3 is 1.42 bits per heavy atom. The van der Waals surface area contributed by atoms with Crippen LogP contribution in [0.25, 0.3) is 66.1 Å². The largest absolute Gasteiger partial charge is 0.364 e. The SMILES string of the molecule is C.CC(=O)c1cc(-c2ccc(C#N)cc2)c2ccc(C)cc2n1.CC(=O)c1cc(-c2ccccc2F)c2ccc(C)cc2n1.Cc1ccc2c(-c3ccccc3Cl)cc(C(N)=O)nc2c1. The van der Waals surface area contributed by atoms with Gasteiger partial charge < -0.3 is 5.73 Å². The Morgan fingerprint density at radius 2 is 0.954 bits per heavy atom. The molecule has 0 unspecified atom stereocenters. The van der Waals surface area contributed by atoms with E-state index >= 15 is 0 Å². The Kier molecular flexibility index (Phi) is 14.4. The number of primary amides is 1. The number of aryl methyl sites for hydroxylation is 3. The zero-order chi connectivity index (χ0) is 45.7. The number of fused-ring (bicyclic) bond motifs is 3. The minimum atomic E-state index is -0.549. The minimum Gasteiger partial charge on any atom is -0.364 e. The number of hydrogen-bond donors (Lipinski definition) is 1. The lowest BCUT2D eigenvalue weighted by Gasteiger charge is -2.10. The fraction of sp³-hybridized carbons (Fsp3) is 0.109. The number of ketones is 2. The lowest BCUT2D eigenvalue weighted by atomic mass is 9.98. The van der Waals surface area contributed by atoms with Gasteiger partial charge in [0.05, 0.1) is 28.2 Å². The van der Waals surface area contributed by atoms with Gasteiger partial charge in [0.2, 0.25) is 0 Å². The number of carbonyl (C=O) groups is 3. The molecule has 0 saturated carbocycles. The van der Waals surface area contributed by atoms with Gasteiger partial charge >= 0.3 is 0 Å². The molecule has 1 amide bonds. The standard InChI is InChI=1S/C19H14N2O.C18H14FNO.C17H13ClN2O.CH4/c1-12-3-8-16-17(15-6-4-14(11-20)5-7-15)10-18(13(2)22)21-19(16)9-12;1-11-7-8-14-15(13-5-3-4-6-16(13)19)10-17(12(2)21)20-18(14)9-11;1-10-6-7-12-13(11-4-2-3-5-14(11)18)9-16(17(19)21)20-15(12)8-10;/h3-10H,1-2H3;3-10H,1-2H3;2-9H,1H3,(H2,19,21);1H4. The first-order valence-electron chi connectivity index (χ1n) is 20.3. The van der Waals surface area contributed by atoms with Gasteiger partial charge in [-0.2, -0.15) is 5.26 Å². The highest BCUT2D eigenvalue weighted by Crippen LogP contribution is 2.35. The highest BCUT2D eigenvalue weighted by Gasteiger charge is 2.16. The van der Waals surface area contributed by atoms with Crippen molar-refractivity contribution >= 4 is 61.8 Å². The molecule has 0 bridgehead atoms. The number of nitriles is 1. The van der Waals surface area contributed by atoms with Crippen molar-refractivity contribution in [3.8, 4) is 39.4 Å². The molecular weight excluding hydrogens is 833 g/mol. The number of rotatable bonds is 6. The molecule has 3 aromatic heterocycles. The zero-order valence-electron chi connectivity index (χ0n) is 35.7. The quantitative estimate of drug-likeness (QED) is 0.164. The summed E-state index contributed by atoms with van der Waals surface area (Å²) < 4.78 is 14.1. The van der Waals surface area contributed by atoms with Gasteiger partial charge in [-0.15, -0.1) is 0 Å². The molecule has 0 radical (unpaired) electrons. The van der Waals surface area contributed by atoms with E-state index in [2.05, 4.69) is 21.0 Å². The van der Waals surface area contributed by atoms with E-state index in [9.17, 15) is 18.8 Å². The maximum Gasteiger partial charge on any atom is 0.267 e. The van der Waals surface area contributed by atoms with Crippen molar-refractivity contribution in [2.24, 2.45) is 5.73 Å². The van der Waals surface area contributed by atoms with Crippen LogP contribution in [0, 0.1) is 37.9 Å². The van der Waals surface area contributed by atoms with Crippen LogP contribution in [0.1, 0.15) is 75.0 Å². The van der Waals surface area contributed by atoms with Crippen LogP contribution >= 0.6 is 11.6 Å². The summed E-state index contributed by atoms with van der Waals surface area (Å²) in [6, 6.07) is 46.5. The maximum absolute atomic E-state index is 14.1. The molecule has 65 heavy (non-hydrogen) atoms. The van der Waals surface area contributed by atoms with Crippen molar-refractivity contribution in [1.29, 1.82) is 5.26 Å². The van der Waals surface area contributed by atoms with Gasteiger partial charge in [0.15, 0.2) is 11.6 Å². The molecule has 322 valence electrons. The van der Waals surface area contributed by atoms with Gasteiger partial charge in [0.25, 0.3) is 5.91 Å². The Hall–Kier alpha value is -7.93. The highest BCUT2D eigenvalue weighted by atomic mass is 35.5. The third kappa shape index (κ3) is 10.5. The first kappa shape index (κ1) is 46.6. The molecule has 0 aliphatic heterocycles. The fourth-order valence-electron chi connectivity index (χ4n) is 7.27. The zero-order valence-corrected chi connectivity index (χ0v) is 36.5. The summed E-state index contributed by atoms with van der Waals surface area (Å²) >= 11 is 6.29. The second-order valence-electron chi connectivity index (χ2n) is 15.4. The van der Waals surface area contributed by atoms with Crippen LogP contribution in [0.2, 0.25) is 5.02 Å². The molecule has 0 atom stereocenters. The van der Waals surface area contributed by atoms with E-state index in [1.165, 1.54) is 19.9 Å². The molecule has 9 rings (SSSR count). The minimum absolute atomic E-state index is 0. The van der Waals surface area contributed by atoms with Crippen molar-refractivity contribution in [2.75, 3.05) is 0 Å². The average molecular weight is 878 g/mol. The molecule has 0 fully saturated rings. The number of pyridine rings is 3. The molecule has 8 nitrogen and oxygen atoms in total. The monoisotopic (exact) mass is 877 g/mol. The summed E-state index contributed by atoms with van der Waals surface area (Å²) in [5, 5.41) is 12.3. The molecule has 0 aliphatic rings. The molecule has 3 heterocycles. The second kappa shape index (κ2) is 20.1. The Bertz CT molecular complexity index is 3200. The summed E-state index contributed by atoms with van der Waals surface area (Å²) in [5.74, 6) is -1.04. The first-order chi connectivity index (χ1) is 30.7. The van der Waals surface area contributed by atoms with Gasteiger partial charge in [-0.05, 0) is 120 Å². The molecule has 9 aromatic rings. The lowest BCUT2D eigenvalue weighted by molar-refractivity contribution is 0.0991. The molecule has 0 spiro atoms. The van der Waals surface area contributed by atoms with E-state index in [1.54, 1.807) is 42.5 Å². The number of halogens is 2. The highest BCUT2D eigenvalue weighted by molar-refractivity contribution is 6.33. The number of amides is 1. The number of nitrogens with two attached hydrogens (primary N) is 1. The van der Waals surface area contributed by atoms with Gasteiger partial charge in [-0.1, -0.05) is 104 Å². The van der Waals surface area contributed by atoms with Crippen LogP contribution in [-0.2, 0) is 0 Å². The predicted molar refractivity (Wildman–Crippen MR) is 261 cm³/mol. The van der Waals surface area contributed by atoms with Gasteiger partial charge in [0, 0.05) is 46.2 Å². The fourth-order valence-corrected chi connectivity index (χ4v) is 7.51. The Balaban J connectivity index is 0.000000160. The maximum atomic E-state index is 14.1. The molecule has 10 heteroatoms. The smallest absolute Gasteiger partial charge is 0.267 e. The number of Topliss-reactive ketones (excluding diaryl/α,β-unsaturated/α-hetero) is 2. The molecule has 2 N–H and O–H groups in total. The second-order valence-corrected chi connectivity index (χ2v) is 15.8. The third-order valence-electron chi connectivity index (χ3n) is 10.5. The van der Waals surface area contributed by atoms with E-state index in [0.717, 1.165) is 66.1 Å². The summed E-state index contributed by atoms with van der Waals surface area (Å²) in [6.07, 6.45) is 0. The van der Waals surface area contributed by atoms with Crippen molar-refractivity contribution in [2.45, 2.75) is 42.0 Å². The van der Waals surface area contributed by atoms with E-state index in [0.29, 0.717) is 38.6 Å². The van der Waals surface area contributed by atoms with Crippen LogP contribution in [0.5, 0.6) is 0 Å². The average Bonchev–Trinajstić information content (AvgIpc) is 3.28. The number of nitrogens with zero attached hydrogens (tertiary/aromatic N) is 4. The molecular formula is C55H45ClFN5O3. The van der Waals surface area contributed by atoms with Gasteiger partial charge in [0.1, 0.15) is 22.9 Å².